The van der Waals surface area contributed by atoms with Crippen molar-refractivity contribution in [2.45, 2.75) is 36.2 Å². The minimum atomic E-state index is -1.71. The van der Waals surface area contributed by atoms with Crippen molar-refractivity contribution in [3.63, 3.8) is 0 Å². The highest BCUT2D eigenvalue weighted by Gasteiger charge is 2.54. The summed E-state index contributed by atoms with van der Waals surface area (Å²) in [6.07, 6.45) is -6.15. The first kappa shape index (κ1) is 25.1. The molecule has 3 aromatic rings. The number of aromatic hydroxyl groups is 2. The number of carbonyl (C=O) groups excluding carboxylic acids is 2. The molecule has 3 aliphatic rings. The first-order valence-electron chi connectivity index (χ1n) is 12.0. The van der Waals surface area contributed by atoms with Crippen LogP contribution in [0.25, 0.3) is 0 Å². The van der Waals surface area contributed by atoms with Crippen LogP contribution in [0.3, 0.4) is 0 Å². The van der Waals surface area contributed by atoms with E-state index < -0.39 is 54.7 Å². The Hall–Kier alpha value is -4.20. The van der Waals surface area contributed by atoms with Gasteiger partial charge in [-0.2, -0.15) is 0 Å². The van der Waals surface area contributed by atoms with Crippen molar-refractivity contribution in [2.24, 2.45) is 0 Å². The van der Waals surface area contributed by atoms with Gasteiger partial charge < -0.3 is 50.2 Å². The third-order valence-electron chi connectivity index (χ3n) is 7.23. The molecule has 1 saturated heterocycles. The van der Waals surface area contributed by atoms with E-state index in [0.29, 0.717) is 16.7 Å². The molecule has 12 nitrogen and oxygen atoms in total. The molecule has 12 heteroatoms. The molecular weight excluding hydrogens is 514 g/mol. The van der Waals surface area contributed by atoms with Crippen LogP contribution in [0.5, 0.6) is 23.0 Å². The van der Waals surface area contributed by atoms with Crippen LogP contribution in [0.15, 0.2) is 54.6 Å². The van der Waals surface area contributed by atoms with Crippen molar-refractivity contribution in [3.05, 3.63) is 82.4 Å². The molecule has 0 radical (unpaired) electrons. The highest BCUT2D eigenvalue weighted by molar-refractivity contribution is 6.01. The van der Waals surface area contributed by atoms with E-state index in [1.165, 1.54) is 42.5 Å². The Bertz CT molecular complexity index is 1450. The van der Waals surface area contributed by atoms with Gasteiger partial charge in [-0.05, 0) is 36.4 Å². The fourth-order valence-corrected chi connectivity index (χ4v) is 5.33. The van der Waals surface area contributed by atoms with E-state index >= 15 is 0 Å². The minimum Gasteiger partial charge on any atom is -0.508 e. The number of esters is 1. The smallest absolute Gasteiger partial charge is 0.340 e. The number of rotatable bonds is 3. The zero-order chi connectivity index (χ0) is 27.6. The first-order chi connectivity index (χ1) is 18.6. The number of phenolic OH excluding ortho intramolecular Hbond substituents is 2. The maximum absolute atomic E-state index is 13.2. The predicted octanol–water partition coefficient (Wildman–Crippen LogP) is 0.196. The molecule has 3 aromatic carbocycles. The SMILES string of the molecule is O=C(NC1C(O)OC(CO)C(O)C1O)c1ccc2c(c1)C(=O)OC21c2ccc(O)cc2Oc2cc(O)ccc21. The molecule has 7 N–H and O–H groups in total. The summed E-state index contributed by atoms with van der Waals surface area (Å²) in [4.78, 5) is 26.3. The number of aliphatic hydroxyl groups excluding tert-OH is 4. The molecule has 0 aromatic heterocycles. The van der Waals surface area contributed by atoms with Gasteiger partial charge in [0.05, 0.1) is 12.2 Å². The van der Waals surface area contributed by atoms with Gasteiger partial charge in [-0.1, -0.05) is 6.07 Å². The molecule has 1 amide bonds. The molecule has 3 aliphatic heterocycles. The number of benzene rings is 3. The lowest BCUT2D eigenvalue weighted by Gasteiger charge is -2.40. The number of phenols is 2. The Morgan fingerprint density at radius 2 is 1.49 bits per heavy atom. The number of hydrogen-bond donors (Lipinski definition) is 7. The van der Waals surface area contributed by atoms with Gasteiger partial charge in [-0.15, -0.1) is 0 Å². The zero-order valence-corrected chi connectivity index (χ0v) is 20.0. The Kier molecular flexibility index (Phi) is 5.75. The van der Waals surface area contributed by atoms with Gasteiger partial charge in [0.15, 0.2) is 11.9 Å². The minimum absolute atomic E-state index is 0.00941. The molecule has 202 valence electrons. The molecule has 3 heterocycles. The molecule has 6 rings (SSSR count). The van der Waals surface area contributed by atoms with Crippen LogP contribution in [0.2, 0.25) is 0 Å². The topological polar surface area (TPSA) is 195 Å². The Morgan fingerprint density at radius 1 is 0.872 bits per heavy atom. The average Bonchev–Trinajstić information content (AvgIpc) is 3.20. The second kappa shape index (κ2) is 8.93. The van der Waals surface area contributed by atoms with E-state index in [1.54, 1.807) is 12.1 Å². The van der Waals surface area contributed by atoms with Gasteiger partial charge in [-0.25, -0.2) is 4.79 Å². The van der Waals surface area contributed by atoms with Crippen molar-refractivity contribution in [3.8, 4) is 23.0 Å². The van der Waals surface area contributed by atoms with Gasteiger partial charge in [-0.3, -0.25) is 4.79 Å². The van der Waals surface area contributed by atoms with Crippen LogP contribution in [0, 0.1) is 0 Å². The first-order valence-corrected chi connectivity index (χ1v) is 12.0. The van der Waals surface area contributed by atoms with Gasteiger partial charge >= 0.3 is 5.97 Å². The van der Waals surface area contributed by atoms with E-state index in [2.05, 4.69) is 5.32 Å². The lowest BCUT2D eigenvalue weighted by Crippen LogP contribution is -2.64. The maximum Gasteiger partial charge on any atom is 0.340 e. The van der Waals surface area contributed by atoms with Crippen LogP contribution in [0.4, 0.5) is 0 Å². The molecule has 1 spiro atoms. The van der Waals surface area contributed by atoms with E-state index in [4.69, 9.17) is 14.2 Å². The van der Waals surface area contributed by atoms with Crippen LogP contribution in [-0.4, -0.2) is 79.8 Å². The standard InChI is InChI=1S/C27H23NO11/c29-10-20-22(32)23(33)21(26(36)38-20)28-24(34)11-1-4-15-14(7-11)25(35)39-27(15)16-5-2-12(30)8-18(16)37-19-9-13(31)3-6-17(19)27/h1-9,20-23,26,29-33,36H,10H2,(H,28,34). The van der Waals surface area contributed by atoms with Crippen LogP contribution < -0.4 is 10.1 Å². The van der Waals surface area contributed by atoms with Gasteiger partial charge in [0.2, 0.25) is 0 Å². The van der Waals surface area contributed by atoms with E-state index in [9.17, 15) is 40.2 Å². The monoisotopic (exact) mass is 537 g/mol. The lowest BCUT2D eigenvalue weighted by molar-refractivity contribution is -0.252. The number of carbonyl (C=O) groups is 2. The largest absolute Gasteiger partial charge is 0.508 e. The van der Waals surface area contributed by atoms with Gasteiger partial charge in [0.25, 0.3) is 5.91 Å². The van der Waals surface area contributed by atoms with Crippen molar-refractivity contribution in [2.75, 3.05) is 6.61 Å². The summed E-state index contributed by atoms with van der Waals surface area (Å²) in [5.74, 6) is -1.30. The Morgan fingerprint density at radius 3 is 2.10 bits per heavy atom. The zero-order valence-electron chi connectivity index (χ0n) is 20.0. The molecule has 5 atom stereocenters. The van der Waals surface area contributed by atoms with Crippen molar-refractivity contribution < 1.29 is 54.4 Å². The predicted molar refractivity (Wildman–Crippen MR) is 129 cm³/mol. The quantitative estimate of drug-likeness (QED) is 0.225. The maximum atomic E-state index is 13.2. The Balaban J connectivity index is 1.39. The number of hydrogen-bond acceptors (Lipinski definition) is 11. The van der Waals surface area contributed by atoms with E-state index in [0.717, 1.165) is 0 Å². The molecular formula is C27H23NO11. The van der Waals surface area contributed by atoms with E-state index in [-0.39, 0.29) is 34.1 Å². The fraction of sp³-hybridized carbons (Fsp3) is 0.259. The summed E-state index contributed by atoms with van der Waals surface area (Å²) in [6.45, 7) is -0.652. The summed E-state index contributed by atoms with van der Waals surface area (Å²) in [5.41, 5.74) is -0.234. The number of nitrogens with one attached hydrogen (secondary N) is 1. The van der Waals surface area contributed by atoms with Crippen molar-refractivity contribution in [1.29, 1.82) is 0 Å². The van der Waals surface area contributed by atoms with Crippen LogP contribution in [-0.2, 0) is 15.1 Å². The highest BCUT2D eigenvalue weighted by atomic mass is 16.6. The van der Waals surface area contributed by atoms with Crippen molar-refractivity contribution >= 4 is 11.9 Å². The van der Waals surface area contributed by atoms with Crippen LogP contribution >= 0.6 is 0 Å². The summed E-state index contributed by atoms with van der Waals surface area (Å²) >= 11 is 0. The molecule has 1 fully saturated rings. The van der Waals surface area contributed by atoms with Gasteiger partial charge in [0.1, 0.15) is 47.4 Å². The fourth-order valence-electron chi connectivity index (χ4n) is 5.33. The van der Waals surface area contributed by atoms with Crippen molar-refractivity contribution in [1.82, 2.24) is 5.32 Å². The second-order valence-corrected chi connectivity index (χ2v) is 9.52. The summed E-state index contributed by atoms with van der Waals surface area (Å²) in [6, 6.07) is 11.5. The molecule has 0 bridgehead atoms. The molecule has 0 aliphatic carbocycles. The normalized spacial score (nSPS) is 26.2. The van der Waals surface area contributed by atoms with Gasteiger partial charge in [0, 0.05) is 34.4 Å². The second-order valence-electron chi connectivity index (χ2n) is 9.52. The number of ether oxygens (including phenoxy) is 3. The lowest BCUT2D eigenvalue weighted by atomic mass is 9.77. The number of fused-ring (bicyclic) bond motifs is 6. The number of aliphatic hydroxyl groups is 4. The summed E-state index contributed by atoms with van der Waals surface area (Å²) in [5, 5.41) is 62.4. The van der Waals surface area contributed by atoms with Crippen LogP contribution in [0.1, 0.15) is 37.4 Å². The molecule has 0 saturated carbocycles. The third kappa shape index (κ3) is 3.72. The highest BCUT2D eigenvalue weighted by Crippen LogP contribution is 2.57. The average molecular weight is 537 g/mol. The molecule has 5 unspecified atom stereocenters. The molecule has 39 heavy (non-hydrogen) atoms. The number of amides is 1. The van der Waals surface area contributed by atoms with E-state index in [1.807, 2.05) is 0 Å². The Labute approximate surface area is 220 Å². The third-order valence-corrected chi connectivity index (χ3v) is 7.23. The summed E-state index contributed by atoms with van der Waals surface area (Å²) < 4.78 is 17.0. The summed E-state index contributed by atoms with van der Waals surface area (Å²) in [7, 11) is 0.